The number of H-pyrrole nitrogens is 2. The van der Waals surface area contributed by atoms with Crippen molar-refractivity contribution in [2.24, 2.45) is 10.2 Å². The van der Waals surface area contributed by atoms with Crippen LogP contribution in [0.25, 0.3) is 33.5 Å². The number of piperidine rings is 4. The normalized spacial score (nSPS) is 15.2. The first-order chi connectivity index (χ1) is 59.1. The molecule has 4 fully saturated rings. The van der Waals surface area contributed by atoms with Crippen LogP contribution in [0.5, 0.6) is 0 Å². The molecule has 1 amide bonds. The molecule has 13 rings (SSSR count). The number of ether oxygens (including phenoxy) is 2. The Morgan fingerprint density at radius 1 is 0.504 bits per heavy atom. The van der Waals surface area contributed by atoms with Gasteiger partial charge in [-0.25, -0.2) is 68.0 Å². The molecule has 0 bridgehead atoms. The number of halogens is 5. The van der Waals surface area contributed by atoms with Crippen LogP contribution < -0.4 is 48.8 Å². The molecular formula is C73H98Cl5N29O11S5. The maximum atomic E-state index is 11.9. The number of nitrogen functional groups attached to an aromatic ring is 1. The lowest BCUT2D eigenvalue weighted by Gasteiger charge is -2.26. The molecule has 40 nitrogen and oxygen atoms in total. The number of anilines is 7. The molecule has 0 spiro atoms. The summed E-state index contributed by atoms with van der Waals surface area (Å²) in [4.78, 5) is 131. The van der Waals surface area contributed by atoms with Crippen LogP contribution in [-0.2, 0) is 55.3 Å². The van der Waals surface area contributed by atoms with Gasteiger partial charge in [0.25, 0.3) is 5.16 Å². The molecule has 4 aliphatic heterocycles. The summed E-state index contributed by atoms with van der Waals surface area (Å²) in [6, 6.07) is 9.20. The Bertz CT molecular complexity index is 5410. The molecule has 9 aromatic rings. The summed E-state index contributed by atoms with van der Waals surface area (Å²) in [6.07, 6.45) is 22.6. The van der Waals surface area contributed by atoms with E-state index in [1.165, 1.54) is 113 Å². The first-order valence-electron chi connectivity index (χ1n) is 39.4. The number of aromatic nitrogens is 16. The van der Waals surface area contributed by atoms with Gasteiger partial charge in [0, 0.05) is 71.1 Å². The zero-order valence-corrected chi connectivity index (χ0v) is 76.6. The predicted octanol–water partition coefficient (Wildman–Crippen LogP) is 9.45. The van der Waals surface area contributed by atoms with Gasteiger partial charge in [-0.05, 0) is 142 Å². The summed E-state index contributed by atoms with van der Waals surface area (Å²) in [5, 5.41) is 27.4. The number of nitrogens with zero attached hydrogens (tertiary/aromatic N) is 20. The van der Waals surface area contributed by atoms with Crippen LogP contribution in [0.2, 0.25) is 25.8 Å². The number of hydrogen-bond donors (Lipinski definition) is 9. The van der Waals surface area contributed by atoms with E-state index in [1.54, 1.807) is 26.0 Å². The second-order valence-electron chi connectivity index (χ2n) is 27.5. The van der Waals surface area contributed by atoms with Crippen LogP contribution >= 0.6 is 81.5 Å². The Kier molecular flexibility index (Phi) is 39.7. The maximum Gasteiger partial charge on any atom is 0.397 e. The van der Waals surface area contributed by atoms with Gasteiger partial charge < -0.3 is 71.4 Å². The third-order valence-electron chi connectivity index (χ3n) is 18.5. The van der Waals surface area contributed by atoms with Crippen molar-refractivity contribution in [3.63, 3.8) is 0 Å². The number of thioether (sulfide) groups is 2. The van der Waals surface area contributed by atoms with Gasteiger partial charge >= 0.3 is 29.0 Å². The van der Waals surface area contributed by atoms with Crippen LogP contribution in [0.1, 0.15) is 90.9 Å². The average molecular weight is 1900 g/mol. The highest BCUT2D eigenvalue weighted by Gasteiger charge is 2.25. The fourth-order valence-corrected chi connectivity index (χ4v) is 15.3. The fraction of sp³-hybridized carbons (Fsp3) is 0.521. The molecule has 4 aliphatic rings. The van der Waals surface area contributed by atoms with E-state index >= 15 is 0 Å². The molecule has 1 aromatic carbocycles. The first kappa shape index (κ1) is 98.1. The third-order valence-corrected chi connectivity index (χ3v) is 23.3. The number of carbonyl (C=O) groups excluding carboxylic acids is 3. The monoisotopic (exact) mass is 1890 g/mol. The number of hydrogen-bond acceptors (Lipinski definition) is 39. The van der Waals surface area contributed by atoms with Gasteiger partial charge in [-0.1, -0.05) is 125 Å². The summed E-state index contributed by atoms with van der Waals surface area (Å²) in [7, 11) is -6.34. The van der Waals surface area contributed by atoms with Crippen molar-refractivity contribution >= 4 is 216 Å². The van der Waals surface area contributed by atoms with Crippen LogP contribution in [0.15, 0.2) is 75.9 Å². The number of esters is 2. The maximum absolute atomic E-state index is 11.9. The van der Waals surface area contributed by atoms with Crippen molar-refractivity contribution in [2.75, 3.05) is 193 Å². The van der Waals surface area contributed by atoms with E-state index in [2.05, 4.69) is 146 Å². The molecular weight excluding hydrogens is 1800 g/mol. The van der Waals surface area contributed by atoms with Crippen LogP contribution in [0.4, 0.5) is 52.0 Å². The topological polar surface area (TPSA) is 520 Å². The standard InChI is InChI=1S/C16H26N6O3S.C15H16ClN5O2S.C14H18Cl2N6O2S.C14H18Cl2N6OS.C14H20N6O3S/c1-3-25-15(24)14(23)19-13-11(17)12(20-16(21-13)26-2)18-7-10-22-8-5-4-6-9-22;1-3-23-11(22)9-17-14-12(13(16)18-15(19-14)24-2)21-20-10-7-5-4-6-8-10;1-25(23,24)14-20-12(17-5-8-22-6-3-2-4-7-22)9-13(21-14)19-11(16)10(15)18-9;1-24(23)14-20-12(17-5-8-22-6-3-2-4-7-22)9-13(21-14)19-11(16)10(15)18-9;1-24(23)14-18-10(15-5-8-20-6-3-2-4-7-20)9-11(19-14)17-13(22)12(21)16-9/h3-10,17H2,1-2H3,(H2,18,19,20,21,23);4-8H,3,9H2,1-2H3,(H,17,18,19);2-8H2,1H3,(H,17,19,20,21);2-8H2,1H3,(H,17,19,20,21);2-8H2,1H3,(H,16,21)(H2,15,17,18,19,22). The highest BCUT2D eigenvalue weighted by Crippen LogP contribution is 2.35. The molecule has 50 heteroatoms. The van der Waals surface area contributed by atoms with Gasteiger partial charge in [0.1, 0.15) is 17.7 Å². The summed E-state index contributed by atoms with van der Waals surface area (Å²) in [5.74, 6) is -0.281. The molecule has 0 aliphatic carbocycles. The number of amides is 1. The van der Waals surface area contributed by atoms with Crippen molar-refractivity contribution in [1.82, 2.24) is 99.3 Å². The Hall–Kier alpha value is -8.71. The number of benzene rings is 1. The number of nitrogens with two attached hydrogens (primary N) is 1. The Labute approximate surface area is 748 Å². The number of rotatable bonds is 29. The van der Waals surface area contributed by atoms with Crippen molar-refractivity contribution in [3.8, 4) is 0 Å². The lowest BCUT2D eigenvalue weighted by molar-refractivity contribution is -0.152. The Balaban J connectivity index is 0.000000174. The molecule has 12 heterocycles. The number of fused-ring (bicyclic) bond motifs is 3. The zero-order chi connectivity index (χ0) is 88.5. The SMILES string of the molecule is CCOC(=O)C(=O)Nc1nc(SC)nc(NCCN2CCCCC2)c1N.CCOC(=O)CNc1nc(SC)nc(Cl)c1N=Nc1ccccc1.CS(=O)(=O)c1nc(NCCN2CCCCC2)c2nc(Cl)c(Cl)nc2n1.CS(=O)c1nc(NCCN2CCCCC2)c2[nH]c(=O)c(=O)[nH]c2n1.CS(=O)c1nc(NCCN2CCCCC2)c2nc(Cl)c(Cl)nc2n1. The van der Waals surface area contributed by atoms with Gasteiger partial charge in [0.05, 0.1) is 40.5 Å². The lowest BCUT2D eigenvalue weighted by Crippen LogP contribution is -2.34. The van der Waals surface area contributed by atoms with Crippen LogP contribution in [0.3, 0.4) is 0 Å². The highest BCUT2D eigenvalue weighted by molar-refractivity contribution is 7.98. The molecule has 4 saturated heterocycles. The van der Waals surface area contributed by atoms with E-state index in [0.717, 1.165) is 84.8 Å². The zero-order valence-electron chi connectivity index (χ0n) is 68.8. The van der Waals surface area contributed by atoms with E-state index in [0.29, 0.717) is 88.6 Å². The van der Waals surface area contributed by atoms with E-state index in [9.17, 15) is 40.8 Å². The molecule has 2 unspecified atom stereocenters. The molecule has 123 heavy (non-hydrogen) atoms. The van der Waals surface area contributed by atoms with Crippen LogP contribution in [-0.4, -0.2) is 290 Å². The number of carbonyl (C=O) groups is 3. The molecule has 8 aromatic heterocycles. The number of azo groups is 1. The average Bonchev–Trinajstić information content (AvgIpc) is 0.797. The van der Waals surface area contributed by atoms with Gasteiger partial charge in [0.15, 0.2) is 105 Å². The highest BCUT2D eigenvalue weighted by atomic mass is 35.5. The first-order valence-corrected chi connectivity index (χ1v) is 48.7. The van der Waals surface area contributed by atoms with E-state index in [4.69, 9.17) is 68.5 Å². The molecule has 0 saturated carbocycles. The summed E-state index contributed by atoms with van der Waals surface area (Å²) >= 11 is 32.5. The van der Waals surface area contributed by atoms with Gasteiger partial charge in [-0.15, -0.1) is 5.11 Å². The predicted molar refractivity (Wildman–Crippen MR) is 482 cm³/mol. The van der Waals surface area contributed by atoms with Crippen molar-refractivity contribution in [2.45, 2.75) is 117 Å². The number of aromatic amines is 2. The van der Waals surface area contributed by atoms with Gasteiger partial charge in [0.2, 0.25) is 20.2 Å². The smallest absolute Gasteiger partial charge is 0.397 e. The summed E-state index contributed by atoms with van der Waals surface area (Å²) < 4.78 is 56.7. The largest absolute Gasteiger partial charge is 0.465 e. The summed E-state index contributed by atoms with van der Waals surface area (Å²) in [6.45, 7) is 18.6. The van der Waals surface area contributed by atoms with Crippen LogP contribution in [0, 0.1) is 0 Å². The minimum Gasteiger partial charge on any atom is -0.465 e. The van der Waals surface area contributed by atoms with E-state index in [-0.39, 0.29) is 94.3 Å². The molecule has 666 valence electrons. The van der Waals surface area contributed by atoms with E-state index < -0.39 is 60.4 Å². The molecule has 0 radical (unpaired) electrons. The number of likely N-dealkylation sites (tertiary alicyclic amines) is 4. The number of sulfone groups is 1. The summed E-state index contributed by atoms with van der Waals surface area (Å²) in [5.41, 5.74) is 7.20. The Morgan fingerprint density at radius 3 is 1.42 bits per heavy atom. The minimum absolute atomic E-state index is 0.0175. The Morgan fingerprint density at radius 2 is 0.935 bits per heavy atom. The second-order valence-corrected chi connectivity index (χ2v) is 35.3. The van der Waals surface area contributed by atoms with Gasteiger partial charge in [-0.3, -0.25) is 32.9 Å². The van der Waals surface area contributed by atoms with Gasteiger partial charge in [-0.2, -0.15) is 20.1 Å². The quantitative estimate of drug-likeness (QED) is 0.00526. The molecule has 2 atom stereocenters. The van der Waals surface area contributed by atoms with Crippen molar-refractivity contribution in [3.05, 3.63) is 76.8 Å². The van der Waals surface area contributed by atoms with Crippen molar-refractivity contribution < 1.29 is 40.7 Å². The fourth-order valence-electron chi connectivity index (χ4n) is 12.4. The third kappa shape index (κ3) is 30.8. The van der Waals surface area contributed by atoms with E-state index in [1.807, 2.05) is 30.7 Å². The molecule has 10 N–H and O–H groups in total. The minimum atomic E-state index is -3.60. The number of nitrogens with one attached hydrogen (secondary N) is 8. The lowest BCUT2D eigenvalue weighted by atomic mass is 10.1. The second kappa shape index (κ2) is 49.8. The van der Waals surface area contributed by atoms with Crippen molar-refractivity contribution in [1.29, 1.82) is 0 Å².